The molecule has 0 bridgehead atoms. The summed E-state index contributed by atoms with van der Waals surface area (Å²) in [5.41, 5.74) is 0. The van der Waals surface area contributed by atoms with Crippen LogP contribution < -0.4 is 0 Å². The molecule has 0 aliphatic rings. The third-order valence-electron chi connectivity index (χ3n) is 5.56. The van der Waals surface area contributed by atoms with Crippen LogP contribution in [0.15, 0.2) is 0 Å². The van der Waals surface area contributed by atoms with Crippen molar-refractivity contribution in [2.45, 2.75) is 131 Å². The van der Waals surface area contributed by atoms with Gasteiger partial charge in [0.25, 0.3) is 0 Å². The molecular formula is C24H52O3Si. The maximum absolute atomic E-state index is 6.15. The molecule has 0 amide bonds. The number of hydrogen-bond acceptors (Lipinski definition) is 3. The van der Waals surface area contributed by atoms with E-state index in [4.69, 9.17) is 13.3 Å². The molecular weight excluding hydrogens is 364 g/mol. The van der Waals surface area contributed by atoms with Crippen molar-refractivity contribution >= 4 is 8.80 Å². The molecule has 0 aliphatic heterocycles. The van der Waals surface area contributed by atoms with E-state index in [1.165, 1.54) is 89.9 Å². The van der Waals surface area contributed by atoms with Gasteiger partial charge in [0.15, 0.2) is 0 Å². The van der Waals surface area contributed by atoms with E-state index in [1.54, 1.807) is 0 Å². The molecule has 0 aromatic heterocycles. The first-order valence-corrected chi connectivity index (χ1v) is 14.5. The minimum absolute atomic E-state index is 0.687. The minimum atomic E-state index is -2.52. The largest absolute Gasteiger partial charge is 0.501 e. The summed E-state index contributed by atoms with van der Waals surface area (Å²) in [6.45, 7) is 12.8. The molecule has 0 rings (SSSR count). The van der Waals surface area contributed by atoms with Gasteiger partial charge in [0.05, 0.1) is 0 Å². The summed E-state index contributed by atoms with van der Waals surface area (Å²) in [6.07, 6.45) is 19.1. The fourth-order valence-electron chi connectivity index (χ4n) is 4.09. The second kappa shape index (κ2) is 20.4. The molecule has 0 saturated carbocycles. The predicted molar refractivity (Wildman–Crippen MR) is 125 cm³/mol. The Bertz CT molecular complexity index is 295. The molecule has 3 nitrogen and oxygen atoms in total. The van der Waals surface area contributed by atoms with Gasteiger partial charge in [-0.2, -0.15) is 0 Å². The normalized spacial score (nSPS) is 13.2. The van der Waals surface area contributed by atoms with E-state index in [-0.39, 0.29) is 0 Å². The first-order chi connectivity index (χ1) is 13.7. The second-order valence-corrected chi connectivity index (χ2v) is 10.8. The Morgan fingerprint density at radius 1 is 0.500 bits per heavy atom. The van der Waals surface area contributed by atoms with E-state index in [9.17, 15) is 0 Å². The lowest BCUT2D eigenvalue weighted by Gasteiger charge is -2.32. The minimum Gasteiger partial charge on any atom is -0.374 e. The first-order valence-electron chi connectivity index (χ1n) is 12.6. The SMILES string of the molecule is CCCCCCCCCC(CCCCCCC)C[Si](OCC)(OCC)OCC. The van der Waals surface area contributed by atoms with Gasteiger partial charge in [-0.05, 0) is 26.7 Å². The van der Waals surface area contributed by atoms with Crippen molar-refractivity contribution in [1.29, 1.82) is 0 Å². The van der Waals surface area contributed by atoms with Gasteiger partial charge in [0, 0.05) is 25.9 Å². The Labute approximate surface area is 178 Å². The van der Waals surface area contributed by atoms with Crippen molar-refractivity contribution in [2.75, 3.05) is 19.8 Å². The highest BCUT2D eigenvalue weighted by molar-refractivity contribution is 6.60. The molecule has 0 aromatic rings. The van der Waals surface area contributed by atoms with Crippen LogP contribution in [0.4, 0.5) is 0 Å². The summed E-state index contributed by atoms with van der Waals surface area (Å²) in [5, 5.41) is 0. The van der Waals surface area contributed by atoms with Gasteiger partial charge in [0.2, 0.25) is 0 Å². The standard InChI is InChI=1S/C24H52O3Si/c1-6-11-13-15-16-18-20-22-24(21-19-17-14-12-7-2)23-28(25-8-3,26-9-4)27-10-5/h24H,6-23H2,1-5H3. The van der Waals surface area contributed by atoms with Crippen molar-refractivity contribution in [3.63, 3.8) is 0 Å². The van der Waals surface area contributed by atoms with Crippen LogP contribution in [-0.2, 0) is 13.3 Å². The van der Waals surface area contributed by atoms with Crippen molar-refractivity contribution in [3.05, 3.63) is 0 Å². The molecule has 0 aromatic carbocycles. The first kappa shape index (κ1) is 28.1. The lowest BCUT2D eigenvalue weighted by molar-refractivity contribution is 0.0659. The van der Waals surface area contributed by atoms with E-state index in [2.05, 4.69) is 34.6 Å². The van der Waals surface area contributed by atoms with Crippen molar-refractivity contribution in [1.82, 2.24) is 0 Å². The van der Waals surface area contributed by atoms with Crippen molar-refractivity contribution in [3.8, 4) is 0 Å². The highest BCUT2D eigenvalue weighted by atomic mass is 28.4. The summed E-state index contributed by atoms with van der Waals surface area (Å²) in [5.74, 6) is 0.689. The maximum atomic E-state index is 6.15. The average Bonchev–Trinajstić information content (AvgIpc) is 2.67. The molecule has 170 valence electrons. The Morgan fingerprint density at radius 3 is 1.21 bits per heavy atom. The van der Waals surface area contributed by atoms with Gasteiger partial charge in [-0.25, -0.2) is 0 Å². The fraction of sp³-hybridized carbons (Fsp3) is 1.00. The molecule has 0 spiro atoms. The van der Waals surface area contributed by atoms with Crippen LogP contribution in [0.25, 0.3) is 0 Å². The fourth-order valence-corrected chi connectivity index (χ4v) is 7.13. The molecule has 28 heavy (non-hydrogen) atoms. The Morgan fingerprint density at radius 2 is 0.857 bits per heavy atom. The second-order valence-electron chi connectivity index (χ2n) is 8.17. The average molecular weight is 417 g/mol. The molecule has 1 atom stereocenters. The van der Waals surface area contributed by atoms with Crippen LogP contribution in [0.2, 0.25) is 6.04 Å². The van der Waals surface area contributed by atoms with Crippen molar-refractivity contribution in [2.24, 2.45) is 5.92 Å². The lowest BCUT2D eigenvalue weighted by atomic mass is 9.95. The van der Waals surface area contributed by atoms with E-state index < -0.39 is 8.80 Å². The number of rotatable bonds is 22. The van der Waals surface area contributed by atoms with E-state index in [0.717, 1.165) is 6.04 Å². The third kappa shape index (κ3) is 15.0. The maximum Gasteiger partial charge on any atom is 0.501 e. The quantitative estimate of drug-likeness (QED) is 0.132. The molecule has 0 heterocycles. The van der Waals surface area contributed by atoms with E-state index in [1.807, 2.05) is 0 Å². The van der Waals surface area contributed by atoms with Crippen LogP contribution in [0.3, 0.4) is 0 Å². The van der Waals surface area contributed by atoms with Crippen LogP contribution >= 0.6 is 0 Å². The third-order valence-corrected chi connectivity index (χ3v) is 8.83. The number of unbranched alkanes of at least 4 members (excludes halogenated alkanes) is 10. The van der Waals surface area contributed by atoms with Gasteiger partial charge in [-0.15, -0.1) is 0 Å². The molecule has 0 N–H and O–H groups in total. The molecule has 1 unspecified atom stereocenters. The van der Waals surface area contributed by atoms with Crippen molar-refractivity contribution < 1.29 is 13.3 Å². The van der Waals surface area contributed by atoms with Gasteiger partial charge in [-0.3, -0.25) is 0 Å². The summed E-state index contributed by atoms with van der Waals surface area (Å²) >= 11 is 0. The van der Waals surface area contributed by atoms with Gasteiger partial charge in [-0.1, -0.05) is 104 Å². The molecule has 0 aliphatic carbocycles. The van der Waals surface area contributed by atoms with Gasteiger partial charge >= 0.3 is 8.80 Å². The molecule has 4 heteroatoms. The summed E-state index contributed by atoms with van der Waals surface area (Å²) < 4.78 is 18.5. The Hall–Kier alpha value is 0.0969. The smallest absolute Gasteiger partial charge is 0.374 e. The highest BCUT2D eigenvalue weighted by Crippen LogP contribution is 2.30. The predicted octanol–water partition coefficient (Wildman–Crippen LogP) is 8.15. The van der Waals surface area contributed by atoms with Gasteiger partial charge in [0.1, 0.15) is 0 Å². The highest BCUT2D eigenvalue weighted by Gasteiger charge is 2.42. The zero-order valence-electron chi connectivity index (χ0n) is 20.0. The Kier molecular flexibility index (Phi) is 20.4. The van der Waals surface area contributed by atoms with Crippen LogP contribution in [0.1, 0.15) is 125 Å². The van der Waals surface area contributed by atoms with Gasteiger partial charge < -0.3 is 13.3 Å². The summed E-state index contributed by atoms with van der Waals surface area (Å²) in [7, 11) is -2.52. The molecule has 0 saturated heterocycles. The van der Waals surface area contributed by atoms with E-state index in [0.29, 0.717) is 25.7 Å². The molecule has 0 radical (unpaired) electrons. The lowest BCUT2D eigenvalue weighted by Crippen LogP contribution is -2.47. The number of hydrogen-bond donors (Lipinski definition) is 0. The topological polar surface area (TPSA) is 27.7 Å². The van der Waals surface area contributed by atoms with Crippen LogP contribution in [0.5, 0.6) is 0 Å². The zero-order valence-corrected chi connectivity index (χ0v) is 21.0. The van der Waals surface area contributed by atoms with Crippen LogP contribution in [0, 0.1) is 5.92 Å². The zero-order chi connectivity index (χ0) is 20.9. The van der Waals surface area contributed by atoms with E-state index >= 15 is 0 Å². The molecule has 0 fully saturated rings. The van der Waals surface area contributed by atoms with Crippen LogP contribution in [-0.4, -0.2) is 28.6 Å². The monoisotopic (exact) mass is 416 g/mol. The summed E-state index contributed by atoms with van der Waals surface area (Å²) in [4.78, 5) is 0. The summed E-state index contributed by atoms with van der Waals surface area (Å²) in [6, 6.07) is 1.01. The Balaban J connectivity index is 4.59.